The Labute approximate surface area is 239 Å². The van der Waals surface area contributed by atoms with Crippen molar-refractivity contribution >= 4 is 40.7 Å². The summed E-state index contributed by atoms with van der Waals surface area (Å²) in [4.78, 5) is 57.3. The predicted octanol–water partition coefficient (Wildman–Crippen LogP) is 2.43. The van der Waals surface area contributed by atoms with Crippen molar-refractivity contribution in [3.05, 3.63) is 47.7 Å². The molecule has 0 spiro atoms. The van der Waals surface area contributed by atoms with Crippen molar-refractivity contribution in [3.63, 3.8) is 0 Å². The number of carbonyl (C=O) groups is 4. The Bertz CT molecular complexity index is 1360. The lowest BCUT2D eigenvalue weighted by atomic mass is 9.90. The van der Waals surface area contributed by atoms with Crippen LogP contribution in [0.4, 0.5) is 0 Å². The number of aromatic nitrogens is 1. The molecule has 1 aromatic heterocycles. The number of rotatable bonds is 2. The second-order valence-corrected chi connectivity index (χ2v) is 11.3. The van der Waals surface area contributed by atoms with Crippen LogP contribution < -0.4 is 10.7 Å². The molecule has 2 aliphatic rings. The molecule has 11 heteroatoms. The van der Waals surface area contributed by atoms with Crippen LogP contribution in [0.5, 0.6) is 0 Å². The fraction of sp³-hybridized carbons (Fsp3) is 0.500. The predicted molar refractivity (Wildman–Crippen MR) is 151 cm³/mol. The average molecular weight is 567 g/mol. The van der Waals surface area contributed by atoms with Crippen molar-refractivity contribution in [2.45, 2.75) is 71.8 Å². The number of amides is 2. The van der Waals surface area contributed by atoms with Crippen molar-refractivity contribution in [1.29, 1.82) is 0 Å². The van der Waals surface area contributed by atoms with Crippen molar-refractivity contribution in [2.75, 3.05) is 13.2 Å². The molecule has 0 saturated carbocycles. The van der Waals surface area contributed by atoms with Gasteiger partial charge in [0.25, 0.3) is 11.8 Å². The summed E-state index contributed by atoms with van der Waals surface area (Å²) in [6.45, 7) is 8.01. The van der Waals surface area contributed by atoms with E-state index in [0.29, 0.717) is 30.6 Å². The largest absolute Gasteiger partial charge is 0.455 e. The van der Waals surface area contributed by atoms with Gasteiger partial charge in [0.1, 0.15) is 23.6 Å². The lowest BCUT2D eigenvalue weighted by molar-refractivity contribution is -0.167. The van der Waals surface area contributed by atoms with Crippen molar-refractivity contribution < 1.29 is 33.8 Å². The third-order valence-corrected chi connectivity index (χ3v) is 7.45. The van der Waals surface area contributed by atoms with Crippen LogP contribution in [0.2, 0.25) is 0 Å². The molecule has 5 bridgehead atoms. The second-order valence-electron chi connectivity index (χ2n) is 11.3. The maximum absolute atomic E-state index is 13.3. The Balaban J connectivity index is 1.72. The van der Waals surface area contributed by atoms with Gasteiger partial charge in [0, 0.05) is 11.9 Å². The Morgan fingerprint density at radius 2 is 1.85 bits per heavy atom. The highest BCUT2D eigenvalue weighted by Gasteiger charge is 2.38. The van der Waals surface area contributed by atoms with E-state index in [2.05, 4.69) is 10.7 Å². The number of hydrogen-bond acceptors (Lipinski definition) is 9. The molecule has 3 N–H and O–H groups in total. The second kappa shape index (κ2) is 12.4. The van der Waals surface area contributed by atoms with Gasteiger partial charge in [0.2, 0.25) is 0 Å². The Hall–Kier alpha value is -3.83. The summed E-state index contributed by atoms with van der Waals surface area (Å²) in [7, 11) is 0. The van der Waals surface area contributed by atoms with Gasteiger partial charge in [-0.2, -0.15) is 0 Å². The highest BCUT2D eigenvalue weighted by Crippen LogP contribution is 2.26. The standard InChI is InChI=1S/C30H38N4O7/c1-17(2)25-26(36)31-18(3)27(37)34-14-6-7-23(33-34)28(38)40-19(4)22-11-10-21-9-8-20(15-24(21)32-22)12-13-30(5,16-35)29(39)41-25/h8-13,15,17-19,23,25,33,35H,6-7,14,16H2,1-5H3,(H,31,36)/b13-12+/t18-,19+,23-,25-,30+/m0/s1. The van der Waals surface area contributed by atoms with Crippen LogP contribution >= 0.6 is 0 Å². The summed E-state index contributed by atoms with van der Waals surface area (Å²) in [6.07, 6.45) is 2.41. The van der Waals surface area contributed by atoms with Gasteiger partial charge < -0.3 is 19.9 Å². The molecule has 0 unspecified atom stereocenters. The van der Waals surface area contributed by atoms with Crippen LogP contribution in [0.1, 0.15) is 64.8 Å². The molecular formula is C30H38N4O7. The molecule has 0 aliphatic carbocycles. The van der Waals surface area contributed by atoms with Gasteiger partial charge in [-0.1, -0.05) is 44.2 Å². The van der Waals surface area contributed by atoms with Crippen molar-refractivity contribution in [1.82, 2.24) is 20.7 Å². The highest BCUT2D eigenvalue weighted by atomic mass is 16.6. The number of hydrogen-bond donors (Lipinski definition) is 3. The van der Waals surface area contributed by atoms with Crippen LogP contribution in [-0.2, 0) is 28.7 Å². The van der Waals surface area contributed by atoms with Gasteiger partial charge >= 0.3 is 11.9 Å². The number of cyclic esters (lactones) is 2. The fourth-order valence-corrected chi connectivity index (χ4v) is 4.71. The summed E-state index contributed by atoms with van der Waals surface area (Å²) in [5, 5.41) is 15.0. The first kappa shape index (κ1) is 30.1. The molecular weight excluding hydrogens is 528 g/mol. The molecule has 4 rings (SSSR count). The lowest BCUT2D eigenvalue weighted by Crippen LogP contribution is -2.60. The molecule has 5 atom stereocenters. The quantitative estimate of drug-likeness (QED) is 0.466. The topological polar surface area (TPSA) is 147 Å². The smallest absolute Gasteiger partial charge is 0.325 e. The summed E-state index contributed by atoms with van der Waals surface area (Å²) in [6, 6.07) is 7.53. The molecule has 1 saturated heterocycles. The number of nitrogens with one attached hydrogen (secondary N) is 2. The third-order valence-electron chi connectivity index (χ3n) is 7.45. The number of aliphatic hydroxyl groups excluding tert-OH is 1. The van der Waals surface area contributed by atoms with Crippen LogP contribution in [-0.4, -0.2) is 70.2 Å². The average Bonchev–Trinajstić information content (AvgIpc) is 2.96. The van der Waals surface area contributed by atoms with Gasteiger partial charge in [-0.05, 0) is 57.2 Å². The number of ether oxygens (including phenoxy) is 2. The molecule has 3 heterocycles. The fourth-order valence-electron chi connectivity index (χ4n) is 4.71. The molecule has 1 aromatic carbocycles. The van der Waals surface area contributed by atoms with Gasteiger partial charge in [-0.15, -0.1) is 0 Å². The molecule has 41 heavy (non-hydrogen) atoms. The van der Waals surface area contributed by atoms with Crippen LogP contribution in [0.3, 0.4) is 0 Å². The molecule has 2 aliphatic heterocycles. The summed E-state index contributed by atoms with van der Waals surface area (Å²) in [5.74, 6) is -2.78. The third kappa shape index (κ3) is 6.74. The number of carbonyl (C=O) groups excluding carboxylic acids is 4. The monoisotopic (exact) mass is 566 g/mol. The summed E-state index contributed by atoms with van der Waals surface area (Å²) >= 11 is 0. The first-order valence-corrected chi connectivity index (χ1v) is 13.9. The number of benzene rings is 1. The van der Waals surface area contributed by atoms with E-state index in [1.165, 1.54) is 24.9 Å². The number of esters is 2. The number of pyridine rings is 1. The minimum atomic E-state index is -1.44. The maximum Gasteiger partial charge on any atom is 0.325 e. The van der Waals surface area contributed by atoms with E-state index in [1.807, 2.05) is 24.3 Å². The van der Waals surface area contributed by atoms with Gasteiger partial charge in [-0.3, -0.25) is 24.2 Å². The lowest BCUT2D eigenvalue weighted by Gasteiger charge is -2.35. The van der Waals surface area contributed by atoms with Crippen molar-refractivity contribution in [3.8, 4) is 0 Å². The SMILES string of the molecule is CC(C)[C@@H]1OC(=O)[C@@](C)(CO)/C=C/c2ccc3ccc(nc3c2)[C@@H](C)OC(=O)[C@@H]2CCCN(N2)C(=O)[C@H](C)NC1=O. The minimum Gasteiger partial charge on any atom is -0.455 e. The van der Waals surface area contributed by atoms with E-state index in [4.69, 9.17) is 14.5 Å². The van der Waals surface area contributed by atoms with E-state index >= 15 is 0 Å². The Kier molecular flexibility index (Phi) is 9.08. The summed E-state index contributed by atoms with van der Waals surface area (Å²) < 4.78 is 11.3. The maximum atomic E-state index is 13.3. The van der Waals surface area contributed by atoms with E-state index in [0.717, 1.165) is 10.9 Å². The molecule has 2 aromatic rings. The van der Waals surface area contributed by atoms with Crippen molar-refractivity contribution in [2.24, 2.45) is 11.3 Å². The number of hydrazine groups is 1. The first-order chi connectivity index (χ1) is 19.4. The molecule has 11 nitrogen and oxygen atoms in total. The normalized spacial score (nSPS) is 29.2. The minimum absolute atomic E-state index is 0.344. The molecule has 1 fully saturated rings. The zero-order valence-electron chi connectivity index (χ0n) is 24.0. The van der Waals surface area contributed by atoms with E-state index in [-0.39, 0.29) is 0 Å². The first-order valence-electron chi connectivity index (χ1n) is 13.9. The Morgan fingerprint density at radius 3 is 2.56 bits per heavy atom. The zero-order chi connectivity index (χ0) is 29.9. The van der Waals surface area contributed by atoms with Gasteiger partial charge in [0.15, 0.2) is 6.10 Å². The number of fused-ring (bicyclic) bond motifs is 4. The van der Waals surface area contributed by atoms with E-state index in [1.54, 1.807) is 32.9 Å². The van der Waals surface area contributed by atoms with Crippen LogP contribution in [0.15, 0.2) is 36.4 Å². The zero-order valence-corrected chi connectivity index (χ0v) is 24.0. The molecule has 0 radical (unpaired) electrons. The van der Waals surface area contributed by atoms with E-state index < -0.39 is 66.0 Å². The van der Waals surface area contributed by atoms with E-state index in [9.17, 15) is 24.3 Å². The van der Waals surface area contributed by atoms with Crippen LogP contribution in [0, 0.1) is 11.3 Å². The Morgan fingerprint density at radius 1 is 1.12 bits per heavy atom. The van der Waals surface area contributed by atoms with Crippen LogP contribution in [0.25, 0.3) is 17.0 Å². The molecule has 2 amide bonds. The van der Waals surface area contributed by atoms with Gasteiger partial charge in [0.05, 0.1) is 17.8 Å². The summed E-state index contributed by atoms with van der Waals surface area (Å²) in [5.41, 5.74) is 3.44. The van der Waals surface area contributed by atoms with Gasteiger partial charge in [-0.25, -0.2) is 10.4 Å². The molecule has 220 valence electrons. The number of nitrogens with zero attached hydrogens (tertiary/aromatic N) is 2. The number of aliphatic hydroxyl groups is 1. The highest BCUT2D eigenvalue weighted by molar-refractivity contribution is 5.91.